The number of alkyl halides is 1. The third kappa shape index (κ3) is 4.90. The summed E-state index contributed by atoms with van der Waals surface area (Å²) in [5, 5.41) is 32.8. The van der Waals surface area contributed by atoms with E-state index in [2.05, 4.69) is 14.9 Å². The van der Waals surface area contributed by atoms with E-state index in [-0.39, 0.29) is 59.5 Å². The van der Waals surface area contributed by atoms with Crippen molar-refractivity contribution >= 4 is 27.5 Å². The Morgan fingerprint density at radius 2 is 1.94 bits per heavy atom. The van der Waals surface area contributed by atoms with Crippen LogP contribution < -0.4 is 9.64 Å². The van der Waals surface area contributed by atoms with Gasteiger partial charge in [-0.1, -0.05) is 13.0 Å². The van der Waals surface area contributed by atoms with Crippen molar-refractivity contribution in [3.8, 4) is 23.0 Å². The van der Waals surface area contributed by atoms with E-state index in [1.54, 1.807) is 6.07 Å². The monoisotopic (exact) mass is 649 g/mol. The fourth-order valence-corrected chi connectivity index (χ4v) is 8.99. The highest BCUT2D eigenvalue weighted by Gasteiger charge is 2.50. The van der Waals surface area contributed by atoms with Gasteiger partial charge < -0.3 is 25.0 Å². The summed E-state index contributed by atoms with van der Waals surface area (Å²) in [7, 11) is 0. The van der Waals surface area contributed by atoms with Gasteiger partial charge in [0.25, 0.3) is 0 Å². The third-order valence-electron chi connectivity index (χ3n) is 11.2. The Balaban J connectivity index is 1.27. The number of aliphatic hydroxyl groups excluding tert-OH is 2. The first-order valence-corrected chi connectivity index (χ1v) is 16.6. The van der Waals surface area contributed by atoms with Crippen molar-refractivity contribution in [3.05, 3.63) is 47.7 Å². The summed E-state index contributed by atoms with van der Waals surface area (Å²) >= 11 is 0. The third-order valence-corrected chi connectivity index (χ3v) is 11.2. The van der Waals surface area contributed by atoms with Gasteiger partial charge in [-0.3, -0.25) is 9.88 Å². The molecule has 1 aliphatic carbocycles. The lowest BCUT2D eigenvalue weighted by molar-refractivity contribution is 0.0586. The van der Waals surface area contributed by atoms with Crippen LogP contribution in [-0.2, 0) is 6.42 Å². The molecule has 0 unspecified atom stereocenters. The van der Waals surface area contributed by atoms with Crippen LogP contribution in [0.1, 0.15) is 38.2 Å². The van der Waals surface area contributed by atoms with Crippen LogP contribution >= 0.6 is 0 Å². The van der Waals surface area contributed by atoms with Crippen LogP contribution in [0.3, 0.4) is 0 Å². The lowest BCUT2D eigenvalue weighted by Crippen LogP contribution is -2.43. The Morgan fingerprint density at radius 1 is 1.11 bits per heavy atom. The number of pyridine rings is 1. The van der Waals surface area contributed by atoms with Crippen LogP contribution in [-0.4, -0.2) is 92.4 Å². The summed E-state index contributed by atoms with van der Waals surface area (Å²) in [6.45, 7) is 3.93. The number of anilines is 1. The first-order valence-electron chi connectivity index (χ1n) is 16.6. The Morgan fingerprint density at radius 3 is 2.74 bits per heavy atom. The predicted octanol–water partition coefficient (Wildman–Crippen LogP) is 4.77. The van der Waals surface area contributed by atoms with Crippen molar-refractivity contribution in [2.45, 2.75) is 56.8 Å². The highest BCUT2D eigenvalue weighted by Crippen LogP contribution is 2.45. The minimum Gasteiger partial charge on any atom is -0.508 e. The van der Waals surface area contributed by atoms with Crippen molar-refractivity contribution in [2.24, 2.45) is 17.8 Å². The first-order chi connectivity index (χ1) is 22.7. The SMILES string of the molecule is CCc1c(F)ccc2cc(O)cc(-c3ncc4c(N5C[C@H]6C[C@@H](C5)[C@H](CO)[C@H]6O)nc(OC[C@@]56CCCN5C[C@H](F)C6)nc4c3F)c12. The molecule has 0 spiro atoms. The number of nitrogens with zero attached hydrogens (tertiary/aromatic N) is 5. The number of fused-ring (bicyclic) bond motifs is 5. The summed E-state index contributed by atoms with van der Waals surface area (Å²) < 4.78 is 52.6. The zero-order valence-electron chi connectivity index (χ0n) is 26.2. The summed E-state index contributed by atoms with van der Waals surface area (Å²) in [5.41, 5.74) is 0.0109. The first kappa shape index (κ1) is 30.6. The second-order valence-electron chi connectivity index (χ2n) is 13.8. The Hall–Kier alpha value is -3.74. The van der Waals surface area contributed by atoms with E-state index in [9.17, 15) is 24.1 Å². The number of hydrogen-bond donors (Lipinski definition) is 3. The summed E-state index contributed by atoms with van der Waals surface area (Å²) in [4.78, 5) is 18.0. The number of aromatic hydroxyl groups is 1. The highest BCUT2D eigenvalue weighted by atomic mass is 19.1. The molecule has 0 radical (unpaired) electrons. The Labute approximate surface area is 270 Å². The molecule has 4 aromatic rings. The maximum absolute atomic E-state index is 16.9. The number of halogens is 3. The van der Waals surface area contributed by atoms with Crippen LogP contribution in [0.5, 0.6) is 11.8 Å². The Bertz CT molecular complexity index is 1880. The molecular weight excluding hydrogens is 611 g/mol. The molecule has 248 valence electrons. The summed E-state index contributed by atoms with van der Waals surface area (Å²) in [6, 6.07) is 5.73. The van der Waals surface area contributed by atoms with E-state index < -0.39 is 29.4 Å². The molecule has 1 saturated carbocycles. The normalized spacial score (nSPS) is 28.9. The largest absolute Gasteiger partial charge is 0.508 e. The molecule has 5 heterocycles. The van der Waals surface area contributed by atoms with Gasteiger partial charge in [0.1, 0.15) is 41.4 Å². The van der Waals surface area contributed by atoms with Crippen molar-refractivity contribution < 1.29 is 33.2 Å². The number of hydrogen-bond acceptors (Lipinski definition) is 9. The van der Waals surface area contributed by atoms with Crippen LogP contribution in [0.4, 0.5) is 19.0 Å². The Kier molecular flexibility index (Phi) is 7.45. The molecule has 3 N–H and O–H groups in total. The van der Waals surface area contributed by atoms with Crippen LogP contribution in [0.2, 0.25) is 0 Å². The van der Waals surface area contributed by atoms with Gasteiger partial charge in [0.2, 0.25) is 0 Å². The maximum atomic E-state index is 16.9. The van der Waals surface area contributed by atoms with Crippen LogP contribution in [0.25, 0.3) is 32.9 Å². The maximum Gasteiger partial charge on any atom is 0.319 e. The van der Waals surface area contributed by atoms with E-state index in [4.69, 9.17) is 9.72 Å². The zero-order chi connectivity index (χ0) is 32.6. The molecule has 12 heteroatoms. The van der Waals surface area contributed by atoms with Crippen molar-refractivity contribution in [3.63, 3.8) is 0 Å². The van der Waals surface area contributed by atoms with E-state index in [0.29, 0.717) is 60.0 Å². The predicted molar refractivity (Wildman–Crippen MR) is 170 cm³/mol. The van der Waals surface area contributed by atoms with E-state index in [1.807, 2.05) is 11.8 Å². The molecule has 6 atom stereocenters. The average Bonchev–Trinajstić information content (AvgIpc) is 3.66. The quantitative estimate of drug-likeness (QED) is 0.261. The lowest BCUT2D eigenvalue weighted by Gasteiger charge is -2.34. The molecule has 2 aromatic heterocycles. The number of aliphatic hydroxyl groups is 2. The summed E-state index contributed by atoms with van der Waals surface area (Å²) in [6.07, 6.45) is 3.09. The zero-order valence-corrected chi connectivity index (χ0v) is 26.2. The number of aryl methyl sites for hydroxylation is 1. The second kappa shape index (κ2) is 11.5. The van der Waals surface area contributed by atoms with Crippen LogP contribution in [0.15, 0.2) is 30.5 Å². The van der Waals surface area contributed by atoms with Gasteiger partial charge in [-0.05, 0) is 72.7 Å². The van der Waals surface area contributed by atoms with Crippen molar-refractivity contribution in [2.75, 3.05) is 44.3 Å². The van der Waals surface area contributed by atoms with Crippen molar-refractivity contribution in [1.82, 2.24) is 19.9 Å². The van der Waals surface area contributed by atoms with E-state index in [0.717, 1.165) is 25.8 Å². The van der Waals surface area contributed by atoms with Gasteiger partial charge in [-0.25, -0.2) is 13.2 Å². The highest BCUT2D eigenvalue weighted by molar-refractivity contribution is 6.01. The second-order valence-corrected chi connectivity index (χ2v) is 13.8. The molecule has 8 rings (SSSR count). The van der Waals surface area contributed by atoms with Gasteiger partial charge in [0.05, 0.1) is 17.0 Å². The topological polar surface area (TPSA) is 115 Å². The molecule has 3 aliphatic heterocycles. The molecule has 2 aromatic carbocycles. The summed E-state index contributed by atoms with van der Waals surface area (Å²) in [5.74, 6) is -1.24. The number of piperidine rings is 1. The molecule has 4 aliphatic rings. The van der Waals surface area contributed by atoms with Crippen molar-refractivity contribution in [1.29, 1.82) is 0 Å². The minimum absolute atomic E-state index is 0.0205. The average molecular weight is 650 g/mol. The number of aromatic nitrogens is 3. The van der Waals surface area contributed by atoms with E-state index >= 15 is 4.39 Å². The lowest BCUT2D eigenvalue weighted by atomic mass is 9.94. The van der Waals surface area contributed by atoms with Gasteiger partial charge in [0.15, 0.2) is 5.82 Å². The van der Waals surface area contributed by atoms with Crippen LogP contribution in [0, 0.1) is 29.4 Å². The smallest absolute Gasteiger partial charge is 0.319 e. The number of ether oxygens (including phenoxy) is 1. The number of phenolic OH excluding ortho intramolecular Hbond substituents is 1. The van der Waals surface area contributed by atoms with E-state index in [1.165, 1.54) is 24.4 Å². The number of phenols is 1. The molecule has 4 fully saturated rings. The molecule has 2 bridgehead atoms. The van der Waals surface area contributed by atoms with Gasteiger partial charge in [-0.15, -0.1) is 0 Å². The molecule has 9 nitrogen and oxygen atoms in total. The fourth-order valence-electron chi connectivity index (χ4n) is 8.99. The standard InChI is InChI=1S/C35H38F3N5O4/c1-2-23-27(37)5-4-18-9-22(45)10-24(28(18)23)30-29(38)31-25(12-39-30)33(42-13-19-8-20(14-42)32(46)26(19)16-44)41-34(40-31)47-17-35-6-3-7-43(35)15-21(36)11-35/h4-5,9-10,12,19-21,26,32,44-46H,2-3,6-8,11,13-17H2,1H3/t19-,20+,21+,26-,32-,35-/m0/s1. The molecule has 47 heavy (non-hydrogen) atoms. The number of benzene rings is 2. The molecule has 0 amide bonds. The van der Waals surface area contributed by atoms with Gasteiger partial charge in [-0.2, -0.15) is 9.97 Å². The molecule has 3 saturated heterocycles. The van der Waals surface area contributed by atoms with Gasteiger partial charge in [0, 0.05) is 56.3 Å². The van der Waals surface area contributed by atoms with Gasteiger partial charge >= 0.3 is 6.01 Å². The fraction of sp³-hybridized carbons (Fsp3) is 0.514. The molecular formula is C35H38F3N5O4. The minimum atomic E-state index is -0.942. The number of rotatable bonds is 7.